The molecule has 5 nitrogen and oxygen atoms in total. The predicted octanol–water partition coefficient (Wildman–Crippen LogP) is 4.51. The number of fused-ring (bicyclic) bond motifs is 1. The molecule has 4 rings (SSSR count). The van der Waals surface area contributed by atoms with Crippen molar-refractivity contribution in [1.82, 2.24) is 4.98 Å². The van der Waals surface area contributed by atoms with Crippen LogP contribution in [0.3, 0.4) is 0 Å². The van der Waals surface area contributed by atoms with Crippen molar-refractivity contribution in [3.63, 3.8) is 0 Å². The largest absolute Gasteiger partial charge is 0.484 e. The summed E-state index contributed by atoms with van der Waals surface area (Å²) < 4.78 is 11.2. The normalized spacial score (nSPS) is 10.6. The summed E-state index contributed by atoms with van der Waals surface area (Å²) >= 11 is 0. The van der Waals surface area contributed by atoms with Crippen molar-refractivity contribution in [2.45, 2.75) is 0 Å². The van der Waals surface area contributed by atoms with Gasteiger partial charge < -0.3 is 14.5 Å². The molecule has 128 valence electrons. The third kappa shape index (κ3) is 3.57. The fraction of sp³-hybridized carbons (Fsp3) is 0.0476. The second kappa shape index (κ2) is 7.11. The van der Waals surface area contributed by atoms with Crippen LogP contribution in [0.4, 0.5) is 5.69 Å². The van der Waals surface area contributed by atoms with Crippen LogP contribution in [0.1, 0.15) is 0 Å². The molecule has 0 spiro atoms. The van der Waals surface area contributed by atoms with E-state index in [4.69, 9.17) is 9.15 Å². The van der Waals surface area contributed by atoms with Crippen molar-refractivity contribution in [1.29, 1.82) is 0 Å². The molecule has 0 bridgehead atoms. The molecule has 0 radical (unpaired) electrons. The highest BCUT2D eigenvalue weighted by Crippen LogP contribution is 2.26. The van der Waals surface area contributed by atoms with Gasteiger partial charge in [-0.05, 0) is 42.5 Å². The van der Waals surface area contributed by atoms with E-state index >= 15 is 0 Å². The molecule has 3 aromatic carbocycles. The molecule has 0 atom stereocenters. The lowest BCUT2D eigenvalue weighted by Crippen LogP contribution is -2.20. The number of para-hydroxylation sites is 1. The highest BCUT2D eigenvalue weighted by atomic mass is 16.5. The second-order valence-corrected chi connectivity index (χ2v) is 5.72. The van der Waals surface area contributed by atoms with Gasteiger partial charge in [0.1, 0.15) is 11.3 Å². The average molecular weight is 344 g/mol. The number of aromatic nitrogens is 1. The van der Waals surface area contributed by atoms with Gasteiger partial charge in [-0.3, -0.25) is 4.79 Å². The van der Waals surface area contributed by atoms with Gasteiger partial charge in [0.2, 0.25) is 5.89 Å². The Balaban J connectivity index is 1.46. The van der Waals surface area contributed by atoms with Crippen molar-refractivity contribution >= 4 is 22.7 Å². The predicted molar refractivity (Wildman–Crippen MR) is 100 cm³/mol. The summed E-state index contributed by atoms with van der Waals surface area (Å²) in [4.78, 5) is 16.6. The van der Waals surface area contributed by atoms with Gasteiger partial charge in [0.05, 0.1) is 0 Å². The zero-order valence-electron chi connectivity index (χ0n) is 13.9. The Morgan fingerprint density at radius 2 is 1.69 bits per heavy atom. The van der Waals surface area contributed by atoms with Gasteiger partial charge in [0.15, 0.2) is 12.2 Å². The molecule has 0 aliphatic rings. The van der Waals surface area contributed by atoms with E-state index in [1.807, 2.05) is 48.5 Å². The topological polar surface area (TPSA) is 64.4 Å². The van der Waals surface area contributed by atoms with E-state index in [2.05, 4.69) is 10.3 Å². The molecule has 0 fully saturated rings. The summed E-state index contributed by atoms with van der Waals surface area (Å²) in [7, 11) is 0. The van der Waals surface area contributed by atoms with Crippen molar-refractivity contribution in [3.05, 3.63) is 78.9 Å². The smallest absolute Gasteiger partial charge is 0.262 e. The lowest BCUT2D eigenvalue weighted by Gasteiger charge is -2.07. The van der Waals surface area contributed by atoms with Crippen LogP contribution in [0.2, 0.25) is 0 Å². The molecule has 5 heteroatoms. The molecule has 4 aromatic rings. The van der Waals surface area contributed by atoms with Crippen LogP contribution in [0.5, 0.6) is 5.75 Å². The first-order valence-electron chi connectivity index (χ1n) is 8.22. The summed E-state index contributed by atoms with van der Waals surface area (Å²) in [6.07, 6.45) is 0. The summed E-state index contributed by atoms with van der Waals surface area (Å²) in [5.41, 5.74) is 2.91. The van der Waals surface area contributed by atoms with Crippen LogP contribution < -0.4 is 10.1 Å². The monoisotopic (exact) mass is 344 g/mol. The average Bonchev–Trinajstić information content (AvgIpc) is 3.11. The van der Waals surface area contributed by atoms with Gasteiger partial charge in [-0.15, -0.1) is 0 Å². The summed E-state index contributed by atoms with van der Waals surface area (Å²) in [6.45, 7) is -0.0594. The van der Waals surface area contributed by atoms with Crippen LogP contribution in [0, 0.1) is 0 Å². The number of nitrogens with zero attached hydrogens (tertiary/aromatic N) is 1. The van der Waals surface area contributed by atoms with Gasteiger partial charge in [-0.2, -0.15) is 0 Å². The van der Waals surface area contributed by atoms with Gasteiger partial charge in [0.25, 0.3) is 5.91 Å². The Hall–Kier alpha value is -3.60. The molecule has 1 amide bonds. The number of nitrogens with one attached hydrogen (secondary N) is 1. The zero-order chi connectivity index (χ0) is 17.8. The quantitative estimate of drug-likeness (QED) is 0.578. The lowest BCUT2D eigenvalue weighted by molar-refractivity contribution is -0.118. The van der Waals surface area contributed by atoms with Crippen molar-refractivity contribution in [2.24, 2.45) is 0 Å². The molecule has 0 aliphatic heterocycles. The maximum Gasteiger partial charge on any atom is 0.262 e. The number of ether oxygens (including phenoxy) is 1. The number of hydrogen-bond donors (Lipinski definition) is 1. The molecule has 1 aromatic heterocycles. The third-order valence-electron chi connectivity index (χ3n) is 3.81. The number of rotatable bonds is 5. The minimum atomic E-state index is -0.236. The first-order valence-corrected chi connectivity index (χ1v) is 8.22. The SMILES string of the molecule is O=C(COc1ccccc1)Nc1ccc2oc(-c3ccccc3)nc2c1. The van der Waals surface area contributed by atoms with Gasteiger partial charge in [-0.1, -0.05) is 36.4 Å². The van der Waals surface area contributed by atoms with E-state index in [-0.39, 0.29) is 12.5 Å². The number of anilines is 1. The number of oxazole rings is 1. The molecular weight excluding hydrogens is 328 g/mol. The summed E-state index contributed by atoms with van der Waals surface area (Å²) in [6, 6.07) is 24.3. The highest BCUT2D eigenvalue weighted by Gasteiger charge is 2.10. The van der Waals surface area contributed by atoms with Crippen molar-refractivity contribution in [3.8, 4) is 17.2 Å². The maximum atomic E-state index is 12.1. The summed E-state index contributed by atoms with van der Waals surface area (Å²) in [5.74, 6) is 0.971. The van der Waals surface area contributed by atoms with E-state index < -0.39 is 0 Å². The molecule has 0 saturated carbocycles. The van der Waals surface area contributed by atoms with Crippen LogP contribution >= 0.6 is 0 Å². The van der Waals surface area contributed by atoms with Crippen molar-refractivity contribution in [2.75, 3.05) is 11.9 Å². The molecule has 0 aliphatic carbocycles. The highest BCUT2D eigenvalue weighted by molar-refractivity contribution is 5.94. The Labute approximate surface area is 150 Å². The van der Waals surface area contributed by atoms with Crippen LogP contribution in [-0.2, 0) is 4.79 Å². The van der Waals surface area contributed by atoms with Gasteiger partial charge in [-0.25, -0.2) is 4.98 Å². The third-order valence-corrected chi connectivity index (χ3v) is 3.81. The molecular formula is C21H16N2O3. The number of hydrogen-bond acceptors (Lipinski definition) is 4. The Morgan fingerprint density at radius 1 is 0.962 bits per heavy atom. The zero-order valence-corrected chi connectivity index (χ0v) is 13.9. The Morgan fingerprint density at radius 3 is 2.46 bits per heavy atom. The first-order chi connectivity index (χ1) is 12.8. The standard InChI is InChI=1S/C21H16N2O3/c24-20(14-25-17-9-5-2-6-10-17)22-16-11-12-19-18(13-16)23-21(26-19)15-7-3-1-4-8-15/h1-13H,14H2,(H,22,24). The van der Waals surface area contributed by atoms with E-state index in [1.54, 1.807) is 30.3 Å². The first kappa shape index (κ1) is 15.9. The van der Waals surface area contributed by atoms with E-state index in [0.717, 1.165) is 5.56 Å². The van der Waals surface area contributed by atoms with Gasteiger partial charge >= 0.3 is 0 Å². The molecule has 0 unspecified atom stereocenters. The van der Waals surface area contributed by atoms with E-state index in [1.165, 1.54) is 0 Å². The second-order valence-electron chi connectivity index (χ2n) is 5.72. The number of carbonyl (C=O) groups excluding carboxylic acids is 1. The van der Waals surface area contributed by atoms with E-state index in [0.29, 0.717) is 28.4 Å². The number of benzene rings is 3. The fourth-order valence-electron chi connectivity index (χ4n) is 2.57. The van der Waals surface area contributed by atoms with Crippen LogP contribution in [0.15, 0.2) is 83.3 Å². The fourth-order valence-corrected chi connectivity index (χ4v) is 2.57. The minimum Gasteiger partial charge on any atom is -0.484 e. The number of amides is 1. The minimum absolute atomic E-state index is 0.0594. The van der Waals surface area contributed by atoms with E-state index in [9.17, 15) is 4.79 Å². The lowest BCUT2D eigenvalue weighted by atomic mass is 10.2. The number of carbonyl (C=O) groups is 1. The summed E-state index contributed by atoms with van der Waals surface area (Å²) in [5, 5.41) is 2.81. The van der Waals surface area contributed by atoms with Crippen LogP contribution in [-0.4, -0.2) is 17.5 Å². The molecule has 26 heavy (non-hydrogen) atoms. The van der Waals surface area contributed by atoms with Gasteiger partial charge in [0, 0.05) is 11.3 Å². The Kier molecular flexibility index (Phi) is 4.35. The molecule has 1 N–H and O–H groups in total. The molecule has 0 saturated heterocycles. The molecule has 1 heterocycles. The van der Waals surface area contributed by atoms with Crippen LogP contribution in [0.25, 0.3) is 22.6 Å². The maximum absolute atomic E-state index is 12.1. The van der Waals surface area contributed by atoms with Crippen molar-refractivity contribution < 1.29 is 13.9 Å². The Bertz CT molecular complexity index is 1030.